The average Bonchev–Trinajstić information content (AvgIpc) is 2.67. The topological polar surface area (TPSA) is 72.3 Å². The highest BCUT2D eigenvalue weighted by Crippen LogP contribution is 2.55. The van der Waals surface area contributed by atoms with Crippen molar-refractivity contribution in [3.05, 3.63) is 23.9 Å². The van der Waals surface area contributed by atoms with Crippen molar-refractivity contribution in [3.63, 3.8) is 0 Å². The average molecular weight is 365 g/mol. The molecule has 0 aromatic carbocycles. The predicted octanol–water partition coefficient (Wildman–Crippen LogP) is 2.75. The first-order chi connectivity index (χ1) is 13.1. The minimum atomic E-state index is 0.0810. The van der Waals surface area contributed by atoms with Crippen LogP contribution in [0, 0.1) is 29.1 Å². The molecule has 6 heteroatoms. The van der Waals surface area contributed by atoms with Crippen molar-refractivity contribution >= 4 is 11.8 Å². The molecule has 0 spiro atoms. The van der Waals surface area contributed by atoms with E-state index in [9.17, 15) is 4.79 Å². The van der Waals surface area contributed by atoms with Gasteiger partial charge in [0.05, 0.1) is 5.56 Å². The molecular weight excluding hydrogens is 338 g/mol. The largest absolute Gasteiger partial charge is 0.353 e. The Hall–Kier alpha value is -2.29. The highest BCUT2D eigenvalue weighted by atomic mass is 16.2. The quantitative estimate of drug-likeness (QED) is 0.875. The molecule has 1 aliphatic heterocycles. The zero-order valence-electron chi connectivity index (χ0n) is 15.7. The zero-order valence-corrected chi connectivity index (χ0v) is 15.7. The number of piperazine rings is 1. The normalized spacial score (nSPS) is 34.4. The second-order valence-electron chi connectivity index (χ2n) is 9.12. The molecule has 27 heavy (non-hydrogen) atoms. The third-order valence-electron chi connectivity index (χ3n) is 7.18. The van der Waals surface area contributed by atoms with Crippen molar-refractivity contribution in [2.45, 2.75) is 44.1 Å². The number of carbonyl (C=O) groups is 1. The van der Waals surface area contributed by atoms with Crippen LogP contribution in [-0.4, -0.2) is 47.6 Å². The summed E-state index contributed by atoms with van der Waals surface area (Å²) < 4.78 is 0. The van der Waals surface area contributed by atoms with E-state index in [-0.39, 0.29) is 11.6 Å². The van der Waals surface area contributed by atoms with E-state index >= 15 is 0 Å². The van der Waals surface area contributed by atoms with Crippen molar-refractivity contribution in [2.24, 2.45) is 17.8 Å². The Kier molecular flexibility index (Phi) is 3.99. The zero-order chi connectivity index (χ0) is 18.4. The number of pyridine rings is 1. The van der Waals surface area contributed by atoms with Gasteiger partial charge in [-0.1, -0.05) is 0 Å². The maximum absolute atomic E-state index is 13.0. The number of anilines is 1. The minimum absolute atomic E-state index is 0.0810. The van der Waals surface area contributed by atoms with Crippen molar-refractivity contribution in [2.75, 3.05) is 31.1 Å². The Morgan fingerprint density at radius 3 is 2.22 bits per heavy atom. The van der Waals surface area contributed by atoms with Crippen molar-refractivity contribution in [3.8, 4) is 6.07 Å². The van der Waals surface area contributed by atoms with Crippen molar-refractivity contribution in [1.29, 1.82) is 5.26 Å². The molecule has 5 aliphatic rings. The van der Waals surface area contributed by atoms with Crippen LogP contribution < -0.4 is 10.2 Å². The minimum Gasteiger partial charge on any atom is -0.353 e. The standard InChI is InChI=1S/C21H27N5O/c22-13-15-1-2-19(23-14-15)25-3-5-26(6-4-25)20(27)24-21-10-16-7-17(11-21)9-18(8-16)12-21/h1-2,14,16-18H,3-12H2,(H,24,27). The summed E-state index contributed by atoms with van der Waals surface area (Å²) in [6.07, 6.45) is 9.38. The second kappa shape index (κ2) is 6.40. The highest BCUT2D eigenvalue weighted by molar-refractivity contribution is 5.75. The van der Waals surface area contributed by atoms with Crippen molar-refractivity contribution in [1.82, 2.24) is 15.2 Å². The highest BCUT2D eigenvalue weighted by Gasteiger charge is 2.51. The van der Waals surface area contributed by atoms with Gasteiger partial charge in [-0.3, -0.25) is 0 Å². The lowest BCUT2D eigenvalue weighted by molar-refractivity contribution is -0.0157. The number of urea groups is 1. The molecule has 1 N–H and O–H groups in total. The van der Waals surface area contributed by atoms with Crippen LogP contribution in [0.5, 0.6) is 0 Å². The number of nitriles is 1. The van der Waals surface area contributed by atoms with E-state index in [0.29, 0.717) is 5.56 Å². The van der Waals surface area contributed by atoms with Crippen LogP contribution in [0.25, 0.3) is 0 Å². The summed E-state index contributed by atoms with van der Waals surface area (Å²) in [6, 6.07) is 5.92. The van der Waals surface area contributed by atoms with Gasteiger partial charge in [-0.05, 0) is 68.4 Å². The molecule has 4 aliphatic carbocycles. The monoisotopic (exact) mass is 365 g/mol. The van der Waals surface area contributed by atoms with Crippen LogP contribution in [0.4, 0.5) is 10.6 Å². The van der Waals surface area contributed by atoms with E-state index in [1.54, 1.807) is 12.3 Å². The first-order valence-electron chi connectivity index (χ1n) is 10.3. The van der Waals surface area contributed by atoms with Crippen LogP contribution >= 0.6 is 0 Å². The van der Waals surface area contributed by atoms with Gasteiger partial charge >= 0.3 is 6.03 Å². The molecule has 6 nitrogen and oxygen atoms in total. The first kappa shape index (κ1) is 16.9. The van der Waals surface area contributed by atoms with Gasteiger partial charge in [0.15, 0.2) is 0 Å². The van der Waals surface area contributed by atoms with Crippen LogP contribution in [-0.2, 0) is 0 Å². The smallest absolute Gasteiger partial charge is 0.317 e. The number of carbonyl (C=O) groups excluding carboxylic acids is 1. The molecule has 142 valence electrons. The Morgan fingerprint density at radius 2 is 1.70 bits per heavy atom. The molecule has 5 fully saturated rings. The number of nitrogens with zero attached hydrogens (tertiary/aromatic N) is 4. The van der Waals surface area contributed by atoms with E-state index < -0.39 is 0 Å². The van der Waals surface area contributed by atoms with Gasteiger partial charge in [0.25, 0.3) is 0 Å². The molecular formula is C21H27N5O. The van der Waals surface area contributed by atoms with Crippen LogP contribution in [0.1, 0.15) is 44.1 Å². The summed E-state index contributed by atoms with van der Waals surface area (Å²) in [5.74, 6) is 3.41. The summed E-state index contributed by atoms with van der Waals surface area (Å²) in [6.45, 7) is 3.01. The summed E-state index contributed by atoms with van der Waals surface area (Å²) in [4.78, 5) is 21.5. The molecule has 2 heterocycles. The molecule has 0 atom stereocenters. The Balaban J connectivity index is 1.19. The Bertz CT molecular complexity index is 724. The second-order valence-corrected chi connectivity index (χ2v) is 9.12. The summed E-state index contributed by atoms with van der Waals surface area (Å²) in [5, 5.41) is 12.4. The molecule has 2 amide bonds. The third-order valence-corrected chi connectivity index (χ3v) is 7.18. The van der Waals surface area contributed by atoms with Crippen LogP contribution in [0.3, 0.4) is 0 Å². The fourth-order valence-electron chi connectivity index (χ4n) is 6.35. The van der Waals surface area contributed by atoms with Crippen LogP contribution in [0.15, 0.2) is 18.3 Å². The predicted molar refractivity (Wildman–Crippen MR) is 102 cm³/mol. The van der Waals surface area contributed by atoms with Gasteiger partial charge in [-0.25, -0.2) is 9.78 Å². The Morgan fingerprint density at radius 1 is 1.07 bits per heavy atom. The fourth-order valence-corrected chi connectivity index (χ4v) is 6.35. The lowest BCUT2D eigenvalue weighted by Gasteiger charge is -2.57. The van der Waals surface area contributed by atoms with Gasteiger partial charge in [-0.15, -0.1) is 0 Å². The molecule has 0 radical (unpaired) electrons. The summed E-state index contributed by atoms with van der Waals surface area (Å²) in [5.41, 5.74) is 0.657. The van der Waals surface area contributed by atoms with E-state index in [2.05, 4.69) is 21.3 Å². The lowest BCUT2D eigenvalue weighted by atomic mass is 9.53. The summed E-state index contributed by atoms with van der Waals surface area (Å²) in [7, 11) is 0. The number of rotatable bonds is 2. The third kappa shape index (κ3) is 3.13. The van der Waals surface area contributed by atoms with E-state index in [1.165, 1.54) is 38.5 Å². The van der Waals surface area contributed by atoms with Gasteiger partial charge in [0.1, 0.15) is 11.9 Å². The van der Waals surface area contributed by atoms with Gasteiger partial charge < -0.3 is 15.1 Å². The SMILES string of the molecule is N#Cc1ccc(N2CCN(C(=O)NC34CC5CC(CC(C5)C3)C4)CC2)nc1. The van der Waals surface area contributed by atoms with E-state index in [0.717, 1.165) is 49.8 Å². The molecule has 6 rings (SSSR count). The van der Waals surface area contributed by atoms with E-state index in [4.69, 9.17) is 5.26 Å². The first-order valence-corrected chi connectivity index (χ1v) is 10.3. The molecule has 1 aromatic heterocycles. The molecule has 1 aromatic rings. The number of hydrogen-bond donors (Lipinski definition) is 1. The molecule has 4 bridgehead atoms. The molecule has 4 saturated carbocycles. The molecule has 0 unspecified atom stereocenters. The lowest BCUT2D eigenvalue weighted by Crippen LogP contribution is -2.63. The van der Waals surface area contributed by atoms with Gasteiger partial charge in [0.2, 0.25) is 0 Å². The van der Waals surface area contributed by atoms with Gasteiger partial charge in [-0.2, -0.15) is 5.26 Å². The number of aromatic nitrogens is 1. The number of nitrogens with one attached hydrogen (secondary N) is 1. The van der Waals surface area contributed by atoms with Crippen LogP contribution in [0.2, 0.25) is 0 Å². The van der Waals surface area contributed by atoms with E-state index in [1.807, 2.05) is 11.0 Å². The fraction of sp³-hybridized carbons (Fsp3) is 0.667. The maximum Gasteiger partial charge on any atom is 0.317 e. The maximum atomic E-state index is 13.0. The summed E-state index contributed by atoms with van der Waals surface area (Å²) >= 11 is 0. The Labute approximate surface area is 160 Å². The number of amides is 2. The molecule has 1 saturated heterocycles. The van der Waals surface area contributed by atoms with Gasteiger partial charge in [0, 0.05) is 37.9 Å². The number of hydrogen-bond acceptors (Lipinski definition) is 4. The van der Waals surface area contributed by atoms with Crippen molar-refractivity contribution < 1.29 is 4.79 Å².